The summed E-state index contributed by atoms with van der Waals surface area (Å²) in [7, 11) is 0. The van der Waals surface area contributed by atoms with Gasteiger partial charge in [-0.05, 0) is 43.9 Å². The number of aliphatic hydroxyl groups excluding tert-OH is 1. The van der Waals surface area contributed by atoms with E-state index < -0.39 is 0 Å². The first kappa shape index (κ1) is 12.6. The first-order valence-corrected chi connectivity index (χ1v) is 6.85. The highest BCUT2D eigenvalue weighted by molar-refractivity contribution is 5.78. The maximum absolute atomic E-state index is 11.9. The van der Waals surface area contributed by atoms with Gasteiger partial charge in [0.1, 0.15) is 0 Å². The van der Waals surface area contributed by atoms with Crippen LogP contribution in [-0.4, -0.2) is 24.2 Å². The Morgan fingerprint density at radius 1 is 1.24 bits per heavy atom. The van der Waals surface area contributed by atoms with E-state index in [0.29, 0.717) is 11.8 Å². The lowest BCUT2D eigenvalue weighted by Crippen LogP contribution is -2.36. The van der Waals surface area contributed by atoms with Crippen LogP contribution in [0.15, 0.2) is 12.2 Å². The summed E-state index contributed by atoms with van der Waals surface area (Å²) in [6.07, 6.45) is 10.6. The predicted molar refractivity (Wildman–Crippen MR) is 67.4 cm³/mol. The van der Waals surface area contributed by atoms with Crippen LogP contribution in [0.25, 0.3) is 0 Å². The van der Waals surface area contributed by atoms with Gasteiger partial charge in [-0.2, -0.15) is 0 Å². The lowest BCUT2D eigenvalue weighted by atomic mass is 9.92. The molecule has 3 nitrogen and oxygen atoms in total. The van der Waals surface area contributed by atoms with E-state index >= 15 is 0 Å². The SMILES string of the molecule is O=C(NCC1CCCC1CO)C1CC=CCC1. The van der Waals surface area contributed by atoms with Crippen molar-refractivity contribution in [2.45, 2.75) is 38.5 Å². The highest BCUT2D eigenvalue weighted by atomic mass is 16.3. The predicted octanol–water partition coefficient (Wildman–Crippen LogP) is 1.87. The molecule has 1 fully saturated rings. The zero-order chi connectivity index (χ0) is 12.1. The highest BCUT2D eigenvalue weighted by Gasteiger charge is 2.27. The van der Waals surface area contributed by atoms with Gasteiger partial charge < -0.3 is 10.4 Å². The number of nitrogens with one attached hydrogen (secondary N) is 1. The summed E-state index contributed by atoms with van der Waals surface area (Å²) in [5, 5.41) is 12.3. The molecular weight excluding hydrogens is 214 g/mol. The minimum absolute atomic E-state index is 0.175. The van der Waals surface area contributed by atoms with Gasteiger partial charge in [-0.25, -0.2) is 0 Å². The van der Waals surface area contributed by atoms with Gasteiger partial charge in [0.05, 0.1) is 0 Å². The lowest BCUT2D eigenvalue weighted by molar-refractivity contribution is -0.125. The zero-order valence-corrected chi connectivity index (χ0v) is 10.4. The first-order valence-electron chi connectivity index (χ1n) is 6.85. The van der Waals surface area contributed by atoms with Crippen molar-refractivity contribution in [2.24, 2.45) is 17.8 Å². The van der Waals surface area contributed by atoms with Crippen molar-refractivity contribution >= 4 is 5.91 Å². The van der Waals surface area contributed by atoms with Gasteiger partial charge in [0, 0.05) is 19.1 Å². The fourth-order valence-electron chi connectivity index (χ4n) is 3.03. The molecule has 0 bridgehead atoms. The number of amides is 1. The van der Waals surface area contributed by atoms with Crippen LogP contribution in [0.1, 0.15) is 38.5 Å². The van der Waals surface area contributed by atoms with Gasteiger partial charge in [-0.1, -0.05) is 18.6 Å². The molecule has 2 N–H and O–H groups in total. The topological polar surface area (TPSA) is 49.3 Å². The van der Waals surface area contributed by atoms with E-state index in [0.717, 1.165) is 38.6 Å². The number of rotatable bonds is 4. The van der Waals surface area contributed by atoms with E-state index in [4.69, 9.17) is 0 Å². The van der Waals surface area contributed by atoms with Crippen LogP contribution < -0.4 is 5.32 Å². The maximum atomic E-state index is 11.9. The fourth-order valence-corrected chi connectivity index (χ4v) is 3.03. The van der Waals surface area contributed by atoms with Crippen LogP contribution in [0.2, 0.25) is 0 Å². The highest BCUT2D eigenvalue weighted by Crippen LogP contribution is 2.30. The van der Waals surface area contributed by atoms with Crippen molar-refractivity contribution in [3.63, 3.8) is 0 Å². The van der Waals surface area contributed by atoms with Crippen molar-refractivity contribution in [1.82, 2.24) is 5.32 Å². The Morgan fingerprint density at radius 2 is 2.06 bits per heavy atom. The quantitative estimate of drug-likeness (QED) is 0.733. The standard InChI is InChI=1S/C14H23NO2/c16-10-13-8-4-7-12(13)9-15-14(17)11-5-2-1-3-6-11/h1-2,11-13,16H,3-10H2,(H,15,17). The van der Waals surface area contributed by atoms with E-state index in [1.165, 1.54) is 6.42 Å². The third-order valence-electron chi connectivity index (χ3n) is 4.23. The molecule has 17 heavy (non-hydrogen) atoms. The Kier molecular flexibility index (Phi) is 4.60. The minimum atomic E-state index is 0.175. The van der Waals surface area contributed by atoms with Gasteiger partial charge in [0.2, 0.25) is 5.91 Å². The molecule has 0 aromatic carbocycles. The van der Waals surface area contributed by atoms with E-state index in [1.807, 2.05) is 0 Å². The molecule has 96 valence electrons. The molecule has 1 amide bonds. The van der Waals surface area contributed by atoms with E-state index in [-0.39, 0.29) is 18.4 Å². The van der Waals surface area contributed by atoms with Gasteiger partial charge in [-0.3, -0.25) is 4.79 Å². The molecule has 2 rings (SSSR count). The van der Waals surface area contributed by atoms with E-state index in [1.54, 1.807) is 0 Å². The average Bonchev–Trinajstić information content (AvgIpc) is 2.84. The smallest absolute Gasteiger partial charge is 0.223 e. The molecular formula is C14H23NO2. The molecule has 0 saturated heterocycles. The summed E-state index contributed by atoms with van der Waals surface area (Å²) in [6, 6.07) is 0. The van der Waals surface area contributed by atoms with Crippen LogP contribution in [0.3, 0.4) is 0 Å². The second-order valence-corrected chi connectivity index (χ2v) is 5.36. The van der Waals surface area contributed by atoms with Crippen molar-refractivity contribution in [3.8, 4) is 0 Å². The van der Waals surface area contributed by atoms with Gasteiger partial charge >= 0.3 is 0 Å². The Labute approximate surface area is 103 Å². The lowest BCUT2D eigenvalue weighted by Gasteiger charge is -2.21. The van der Waals surface area contributed by atoms with Crippen molar-refractivity contribution in [2.75, 3.05) is 13.2 Å². The summed E-state index contributed by atoms with van der Waals surface area (Å²) >= 11 is 0. The molecule has 0 aromatic rings. The molecule has 0 heterocycles. The van der Waals surface area contributed by atoms with Crippen molar-refractivity contribution < 1.29 is 9.90 Å². The Bertz CT molecular complexity index is 288. The summed E-state index contributed by atoms with van der Waals surface area (Å²) < 4.78 is 0. The first-order chi connectivity index (χ1) is 8.31. The van der Waals surface area contributed by atoms with Crippen LogP contribution >= 0.6 is 0 Å². The summed E-state index contributed by atoms with van der Waals surface area (Å²) in [6.45, 7) is 1.02. The second-order valence-electron chi connectivity index (χ2n) is 5.36. The van der Waals surface area contributed by atoms with Crippen molar-refractivity contribution in [1.29, 1.82) is 0 Å². The van der Waals surface area contributed by atoms with Crippen LogP contribution in [0, 0.1) is 17.8 Å². The third-order valence-corrected chi connectivity index (χ3v) is 4.23. The number of carbonyl (C=O) groups excluding carboxylic acids is 1. The van der Waals surface area contributed by atoms with E-state index in [2.05, 4.69) is 17.5 Å². The molecule has 0 aromatic heterocycles. The number of allylic oxidation sites excluding steroid dienone is 2. The molecule has 3 heteroatoms. The molecule has 2 aliphatic carbocycles. The van der Waals surface area contributed by atoms with Crippen LogP contribution in [-0.2, 0) is 4.79 Å². The number of carbonyl (C=O) groups is 1. The normalized spacial score (nSPS) is 32.6. The molecule has 0 radical (unpaired) electrons. The molecule has 0 aliphatic heterocycles. The summed E-state index contributed by atoms with van der Waals surface area (Å²) in [5.74, 6) is 1.27. The zero-order valence-electron chi connectivity index (χ0n) is 10.4. The average molecular weight is 237 g/mol. The number of hydrogen-bond acceptors (Lipinski definition) is 2. The Hall–Kier alpha value is -0.830. The minimum Gasteiger partial charge on any atom is -0.396 e. The molecule has 2 aliphatic rings. The number of hydrogen-bond donors (Lipinski definition) is 2. The molecule has 3 unspecified atom stereocenters. The van der Waals surface area contributed by atoms with Gasteiger partial charge in [-0.15, -0.1) is 0 Å². The fraction of sp³-hybridized carbons (Fsp3) is 0.786. The number of aliphatic hydroxyl groups is 1. The Balaban J connectivity index is 1.73. The third kappa shape index (κ3) is 3.32. The van der Waals surface area contributed by atoms with Crippen LogP contribution in [0.4, 0.5) is 0 Å². The Morgan fingerprint density at radius 3 is 2.76 bits per heavy atom. The molecule has 1 saturated carbocycles. The monoisotopic (exact) mass is 237 g/mol. The van der Waals surface area contributed by atoms with Gasteiger partial charge in [0.25, 0.3) is 0 Å². The largest absolute Gasteiger partial charge is 0.396 e. The van der Waals surface area contributed by atoms with Crippen LogP contribution in [0.5, 0.6) is 0 Å². The van der Waals surface area contributed by atoms with Crippen molar-refractivity contribution in [3.05, 3.63) is 12.2 Å². The maximum Gasteiger partial charge on any atom is 0.223 e. The summed E-state index contributed by atoms with van der Waals surface area (Å²) in [4.78, 5) is 11.9. The molecule has 0 spiro atoms. The summed E-state index contributed by atoms with van der Waals surface area (Å²) in [5.41, 5.74) is 0. The van der Waals surface area contributed by atoms with E-state index in [9.17, 15) is 9.90 Å². The molecule has 3 atom stereocenters. The second kappa shape index (κ2) is 6.20. The van der Waals surface area contributed by atoms with Gasteiger partial charge in [0.15, 0.2) is 0 Å².